The number of nitrogens with zero attached hydrogens (tertiary/aromatic N) is 3. The lowest BCUT2D eigenvalue weighted by Crippen LogP contribution is -2.39. The Labute approximate surface area is 171 Å². The highest BCUT2D eigenvalue weighted by Crippen LogP contribution is 2.05. The zero-order chi connectivity index (χ0) is 18.1. The summed E-state index contributed by atoms with van der Waals surface area (Å²) in [5.41, 5.74) is 2.98. The van der Waals surface area contributed by atoms with Crippen LogP contribution in [0.5, 0.6) is 0 Å². The van der Waals surface area contributed by atoms with Crippen LogP contribution >= 0.6 is 24.0 Å². The number of aryl methyl sites for hydroxylation is 1. The molecule has 26 heavy (non-hydrogen) atoms. The lowest BCUT2D eigenvalue weighted by molar-refractivity contribution is 0.0963. The maximum absolute atomic E-state index is 11.7. The number of carbonyl (C=O) groups excluding carboxylic acids is 1. The highest BCUT2D eigenvalue weighted by atomic mass is 127. The molecule has 1 amide bonds. The monoisotopic (exact) mass is 470 g/mol. The number of guanidine groups is 1. The van der Waals surface area contributed by atoms with Crippen molar-refractivity contribution in [3.05, 3.63) is 53.3 Å². The van der Waals surface area contributed by atoms with Gasteiger partial charge in [0.15, 0.2) is 5.96 Å². The first-order valence-corrected chi connectivity index (χ1v) is 8.35. The number of amides is 1. The van der Waals surface area contributed by atoms with Crippen molar-refractivity contribution < 1.29 is 4.79 Å². The first-order valence-electron chi connectivity index (χ1n) is 8.35. The van der Waals surface area contributed by atoms with Crippen molar-refractivity contribution in [2.75, 3.05) is 27.2 Å². The fourth-order valence-electron chi connectivity index (χ4n) is 2.48. The van der Waals surface area contributed by atoms with E-state index in [1.54, 1.807) is 18.8 Å². The zero-order valence-corrected chi connectivity index (χ0v) is 17.8. The summed E-state index contributed by atoms with van der Waals surface area (Å²) >= 11 is 0. The molecule has 0 radical (unpaired) electrons. The predicted octanol–water partition coefficient (Wildman–Crippen LogP) is 1.35. The van der Waals surface area contributed by atoms with E-state index in [1.165, 1.54) is 5.56 Å². The third kappa shape index (κ3) is 7.03. The summed E-state index contributed by atoms with van der Waals surface area (Å²) in [5.74, 6) is 0.703. The summed E-state index contributed by atoms with van der Waals surface area (Å²) in [6, 6.07) is 7.65. The van der Waals surface area contributed by atoms with Gasteiger partial charge in [0.1, 0.15) is 0 Å². The molecule has 0 bridgehead atoms. The quantitative estimate of drug-likeness (QED) is 0.324. The Hall–Kier alpha value is -2.10. The van der Waals surface area contributed by atoms with Crippen LogP contribution in [0.1, 0.15) is 21.5 Å². The van der Waals surface area contributed by atoms with Crippen molar-refractivity contribution in [1.29, 1.82) is 0 Å². The average Bonchev–Trinajstić information content (AvgIpc) is 3.05. The second kappa shape index (κ2) is 11.5. The zero-order valence-electron chi connectivity index (χ0n) is 15.5. The lowest BCUT2D eigenvalue weighted by atomic mass is 10.1. The van der Waals surface area contributed by atoms with Crippen LogP contribution in [0.4, 0.5) is 0 Å². The molecule has 1 heterocycles. The van der Waals surface area contributed by atoms with Crippen molar-refractivity contribution >= 4 is 35.8 Å². The largest absolute Gasteiger partial charge is 0.356 e. The molecule has 0 aliphatic rings. The molecule has 0 aliphatic carbocycles. The van der Waals surface area contributed by atoms with E-state index in [4.69, 9.17) is 0 Å². The van der Waals surface area contributed by atoms with Gasteiger partial charge in [0.25, 0.3) is 5.91 Å². The van der Waals surface area contributed by atoms with Crippen molar-refractivity contribution in [2.45, 2.75) is 12.8 Å². The molecule has 8 heteroatoms. The number of aromatic nitrogens is 2. The fourth-order valence-corrected chi connectivity index (χ4v) is 2.48. The van der Waals surface area contributed by atoms with Crippen LogP contribution in [-0.2, 0) is 19.9 Å². The Kier molecular flexibility index (Phi) is 9.71. The summed E-state index contributed by atoms with van der Waals surface area (Å²) in [7, 11) is 5.31. The van der Waals surface area contributed by atoms with Crippen molar-refractivity contribution in [3.8, 4) is 0 Å². The van der Waals surface area contributed by atoms with Gasteiger partial charge in [-0.2, -0.15) is 5.10 Å². The maximum atomic E-state index is 11.7. The van der Waals surface area contributed by atoms with Crippen LogP contribution in [0.15, 0.2) is 41.7 Å². The van der Waals surface area contributed by atoms with Gasteiger partial charge in [-0.15, -0.1) is 24.0 Å². The highest BCUT2D eigenvalue weighted by Gasteiger charge is 2.04. The van der Waals surface area contributed by atoms with Crippen molar-refractivity contribution in [1.82, 2.24) is 25.7 Å². The molecule has 142 valence electrons. The maximum Gasteiger partial charge on any atom is 0.251 e. The Morgan fingerprint density at radius 2 is 1.88 bits per heavy atom. The second-order valence-electron chi connectivity index (χ2n) is 5.73. The molecular weight excluding hydrogens is 443 g/mol. The van der Waals surface area contributed by atoms with Crippen LogP contribution in [0, 0.1) is 0 Å². The van der Waals surface area contributed by atoms with Gasteiger partial charge in [-0.05, 0) is 36.1 Å². The van der Waals surface area contributed by atoms with Gasteiger partial charge in [0, 0.05) is 46.0 Å². The number of halogens is 1. The predicted molar refractivity (Wildman–Crippen MR) is 115 cm³/mol. The van der Waals surface area contributed by atoms with Crippen LogP contribution < -0.4 is 16.0 Å². The summed E-state index contributed by atoms with van der Waals surface area (Å²) in [6.07, 6.45) is 5.59. The molecule has 0 aliphatic heterocycles. The van der Waals surface area contributed by atoms with E-state index in [9.17, 15) is 4.79 Å². The molecule has 3 N–H and O–H groups in total. The molecule has 0 fully saturated rings. The minimum atomic E-state index is -0.0670. The Balaban J connectivity index is 0.00000338. The number of hydrogen-bond donors (Lipinski definition) is 3. The van der Waals surface area contributed by atoms with E-state index in [2.05, 4.69) is 26.0 Å². The summed E-state index contributed by atoms with van der Waals surface area (Å²) in [5, 5.41) is 13.4. The van der Waals surface area contributed by atoms with E-state index in [1.807, 2.05) is 43.7 Å². The van der Waals surface area contributed by atoms with Gasteiger partial charge >= 0.3 is 0 Å². The molecule has 0 atom stereocenters. The van der Waals surface area contributed by atoms with E-state index in [0.29, 0.717) is 5.56 Å². The molecule has 0 unspecified atom stereocenters. The summed E-state index contributed by atoms with van der Waals surface area (Å²) in [6.45, 7) is 1.53. The number of nitrogens with one attached hydrogen (secondary N) is 3. The molecule has 7 nitrogen and oxygen atoms in total. The molecule has 1 aromatic heterocycles. The Morgan fingerprint density at radius 3 is 2.46 bits per heavy atom. The molecule has 2 rings (SSSR count). The third-order valence-corrected chi connectivity index (χ3v) is 3.81. The standard InChI is InChI=1S/C18H26N6O.HI/c1-19-17(25)16-6-4-5-14(11-16)7-9-21-18(20-2)22-10-8-15-12-23-24(3)13-15;/h4-6,11-13H,7-10H2,1-3H3,(H,19,25)(H2,20,21,22);1H. The van der Waals surface area contributed by atoms with Crippen LogP contribution in [0.25, 0.3) is 0 Å². The number of benzene rings is 1. The summed E-state index contributed by atoms with van der Waals surface area (Å²) in [4.78, 5) is 15.9. The second-order valence-corrected chi connectivity index (χ2v) is 5.73. The van der Waals surface area contributed by atoms with Gasteiger partial charge in [0.2, 0.25) is 0 Å². The number of carbonyl (C=O) groups is 1. The first-order chi connectivity index (χ1) is 12.1. The molecule has 0 saturated heterocycles. The van der Waals surface area contributed by atoms with Gasteiger partial charge in [-0.1, -0.05) is 12.1 Å². The normalized spacial score (nSPS) is 10.8. The fraction of sp³-hybridized carbons (Fsp3) is 0.389. The van der Waals surface area contributed by atoms with Crippen molar-refractivity contribution in [3.63, 3.8) is 0 Å². The topological polar surface area (TPSA) is 83.3 Å². The number of rotatable bonds is 7. The van der Waals surface area contributed by atoms with Gasteiger partial charge in [-0.25, -0.2) is 0 Å². The first kappa shape index (κ1) is 21.9. The SMILES string of the molecule is CN=C(NCCc1cccc(C(=O)NC)c1)NCCc1cnn(C)c1.I. The van der Waals surface area contributed by atoms with E-state index < -0.39 is 0 Å². The van der Waals surface area contributed by atoms with Crippen molar-refractivity contribution in [2.24, 2.45) is 12.0 Å². The average molecular weight is 470 g/mol. The van der Waals surface area contributed by atoms with Gasteiger partial charge in [0.05, 0.1) is 6.20 Å². The minimum Gasteiger partial charge on any atom is -0.356 e. The van der Waals surface area contributed by atoms with Crippen LogP contribution in [0.3, 0.4) is 0 Å². The third-order valence-electron chi connectivity index (χ3n) is 3.81. The molecule has 0 spiro atoms. The lowest BCUT2D eigenvalue weighted by Gasteiger charge is -2.12. The minimum absolute atomic E-state index is 0. The van der Waals surface area contributed by atoms with E-state index >= 15 is 0 Å². The summed E-state index contributed by atoms with van der Waals surface area (Å²) < 4.78 is 1.80. The van der Waals surface area contributed by atoms with Crippen LogP contribution in [0.2, 0.25) is 0 Å². The smallest absolute Gasteiger partial charge is 0.251 e. The van der Waals surface area contributed by atoms with E-state index in [0.717, 1.165) is 37.5 Å². The Morgan fingerprint density at radius 1 is 1.19 bits per heavy atom. The molecule has 2 aromatic rings. The highest BCUT2D eigenvalue weighted by molar-refractivity contribution is 14.0. The molecule has 1 aromatic carbocycles. The van der Waals surface area contributed by atoms with Gasteiger partial charge in [-0.3, -0.25) is 14.5 Å². The molecule has 0 saturated carbocycles. The van der Waals surface area contributed by atoms with Gasteiger partial charge < -0.3 is 16.0 Å². The van der Waals surface area contributed by atoms with Crippen LogP contribution in [-0.4, -0.2) is 48.8 Å². The molecular formula is C18H27IN6O. The number of hydrogen-bond acceptors (Lipinski definition) is 3. The number of aliphatic imine (C=N–C) groups is 1. The van der Waals surface area contributed by atoms with E-state index in [-0.39, 0.29) is 29.9 Å². The Bertz CT molecular complexity index is 728.